The molecular formula is C16H18ClIN2O2. The van der Waals surface area contributed by atoms with E-state index >= 15 is 0 Å². The van der Waals surface area contributed by atoms with E-state index in [1.807, 2.05) is 23.1 Å². The second kappa shape index (κ2) is 6.74. The van der Waals surface area contributed by atoms with Gasteiger partial charge in [-0.25, -0.2) is 0 Å². The number of halogens is 2. The van der Waals surface area contributed by atoms with Gasteiger partial charge in [-0.2, -0.15) is 0 Å². The van der Waals surface area contributed by atoms with Gasteiger partial charge in [0, 0.05) is 22.6 Å². The molecule has 1 aliphatic carbocycles. The summed E-state index contributed by atoms with van der Waals surface area (Å²) in [5.41, 5.74) is 0.637. The molecule has 1 aromatic rings. The third-order valence-corrected chi connectivity index (χ3v) is 5.20. The van der Waals surface area contributed by atoms with Gasteiger partial charge in [0.1, 0.15) is 0 Å². The molecule has 1 atom stereocenters. The van der Waals surface area contributed by atoms with Crippen molar-refractivity contribution in [2.75, 3.05) is 18.4 Å². The number of piperidine rings is 1. The highest BCUT2D eigenvalue weighted by Gasteiger charge is 2.36. The maximum Gasteiger partial charge on any atom is 0.229 e. The number of hydrogen-bond donors (Lipinski definition) is 1. The molecule has 4 nitrogen and oxygen atoms in total. The minimum atomic E-state index is -0.146. The van der Waals surface area contributed by atoms with Crippen LogP contribution in [0.15, 0.2) is 18.2 Å². The zero-order valence-electron chi connectivity index (χ0n) is 12.1. The smallest absolute Gasteiger partial charge is 0.229 e. The van der Waals surface area contributed by atoms with Crippen molar-refractivity contribution in [2.24, 2.45) is 11.8 Å². The van der Waals surface area contributed by atoms with Crippen molar-refractivity contribution in [1.29, 1.82) is 0 Å². The van der Waals surface area contributed by atoms with E-state index in [0.717, 1.165) is 35.8 Å². The van der Waals surface area contributed by atoms with Crippen molar-refractivity contribution in [3.63, 3.8) is 0 Å². The largest absolute Gasteiger partial charge is 0.342 e. The van der Waals surface area contributed by atoms with Crippen LogP contribution in [0.1, 0.15) is 25.7 Å². The van der Waals surface area contributed by atoms with Crippen molar-refractivity contribution >= 4 is 51.7 Å². The van der Waals surface area contributed by atoms with Gasteiger partial charge in [0.15, 0.2) is 0 Å². The lowest BCUT2D eigenvalue weighted by Gasteiger charge is -2.32. The monoisotopic (exact) mass is 432 g/mol. The number of nitrogens with zero attached hydrogens (tertiary/aromatic N) is 1. The summed E-state index contributed by atoms with van der Waals surface area (Å²) < 4.78 is 1.03. The molecule has 3 rings (SSSR count). The summed E-state index contributed by atoms with van der Waals surface area (Å²) in [6, 6.07) is 5.55. The molecule has 0 bridgehead atoms. The van der Waals surface area contributed by atoms with Crippen LogP contribution in [0.3, 0.4) is 0 Å². The van der Waals surface area contributed by atoms with E-state index in [4.69, 9.17) is 11.6 Å². The van der Waals surface area contributed by atoms with Crippen molar-refractivity contribution in [3.05, 3.63) is 26.8 Å². The van der Waals surface area contributed by atoms with Crippen LogP contribution < -0.4 is 5.32 Å². The lowest BCUT2D eigenvalue weighted by Crippen LogP contribution is -2.44. The number of rotatable bonds is 3. The number of benzene rings is 1. The molecule has 118 valence electrons. The predicted molar refractivity (Wildman–Crippen MR) is 94.8 cm³/mol. The van der Waals surface area contributed by atoms with Gasteiger partial charge in [-0.05, 0) is 66.5 Å². The fraction of sp³-hybridized carbons (Fsp3) is 0.500. The first-order chi connectivity index (χ1) is 10.5. The predicted octanol–water partition coefficient (Wildman–Crippen LogP) is 3.53. The highest BCUT2D eigenvalue weighted by atomic mass is 127. The maximum atomic E-state index is 12.4. The van der Waals surface area contributed by atoms with Gasteiger partial charge >= 0.3 is 0 Å². The normalized spacial score (nSPS) is 21.5. The molecule has 1 aliphatic heterocycles. The molecule has 1 N–H and O–H groups in total. The highest BCUT2D eigenvalue weighted by molar-refractivity contribution is 14.1. The molecule has 1 aromatic carbocycles. The fourth-order valence-electron chi connectivity index (χ4n) is 2.81. The van der Waals surface area contributed by atoms with Crippen molar-refractivity contribution in [3.8, 4) is 0 Å². The number of carbonyl (C=O) groups excluding carboxylic acids is 2. The van der Waals surface area contributed by atoms with E-state index < -0.39 is 0 Å². The van der Waals surface area contributed by atoms with Crippen LogP contribution in [-0.2, 0) is 9.59 Å². The SMILES string of the molecule is O=C(Nc1ccc(I)cc1Cl)C1CCCN(C(=O)C2CC2)C1. The molecule has 0 aromatic heterocycles. The molecule has 2 amide bonds. The Kier molecular flexibility index (Phi) is 4.92. The number of likely N-dealkylation sites (tertiary alicyclic amines) is 1. The Morgan fingerprint density at radius 3 is 2.68 bits per heavy atom. The molecular weight excluding hydrogens is 415 g/mol. The number of nitrogens with one attached hydrogen (secondary N) is 1. The number of amides is 2. The minimum Gasteiger partial charge on any atom is -0.342 e. The fourth-order valence-corrected chi connectivity index (χ4v) is 3.71. The highest BCUT2D eigenvalue weighted by Crippen LogP contribution is 2.33. The standard InChI is InChI=1S/C16H18ClIN2O2/c17-13-8-12(18)5-6-14(13)19-15(21)11-2-1-7-20(9-11)16(22)10-3-4-10/h5-6,8,10-11H,1-4,7,9H2,(H,19,21). The van der Waals surface area contributed by atoms with Gasteiger partial charge in [-0.15, -0.1) is 0 Å². The summed E-state index contributed by atoms with van der Waals surface area (Å²) in [4.78, 5) is 26.5. The van der Waals surface area contributed by atoms with Crippen LogP contribution in [0.5, 0.6) is 0 Å². The molecule has 1 saturated heterocycles. The summed E-state index contributed by atoms with van der Waals surface area (Å²) >= 11 is 8.34. The topological polar surface area (TPSA) is 49.4 Å². The second-order valence-corrected chi connectivity index (χ2v) is 7.66. The van der Waals surface area contributed by atoms with E-state index in [-0.39, 0.29) is 23.7 Å². The molecule has 0 radical (unpaired) electrons. The summed E-state index contributed by atoms with van der Waals surface area (Å²) in [5, 5.41) is 3.44. The van der Waals surface area contributed by atoms with Gasteiger partial charge in [0.25, 0.3) is 0 Å². The van der Waals surface area contributed by atoms with Crippen LogP contribution in [0, 0.1) is 15.4 Å². The maximum absolute atomic E-state index is 12.4. The Morgan fingerprint density at radius 1 is 1.23 bits per heavy atom. The van der Waals surface area contributed by atoms with Crippen LogP contribution in [0.25, 0.3) is 0 Å². The second-order valence-electron chi connectivity index (χ2n) is 6.01. The summed E-state index contributed by atoms with van der Waals surface area (Å²) in [6.07, 6.45) is 3.72. The molecule has 1 unspecified atom stereocenters. The molecule has 22 heavy (non-hydrogen) atoms. The van der Waals surface area contributed by atoms with E-state index in [1.165, 1.54) is 0 Å². The number of anilines is 1. The molecule has 2 aliphatic rings. The molecule has 1 heterocycles. The third kappa shape index (κ3) is 3.74. The van der Waals surface area contributed by atoms with Gasteiger partial charge < -0.3 is 10.2 Å². The lowest BCUT2D eigenvalue weighted by molar-refractivity contribution is -0.135. The number of carbonyl (C=O) groups is 2. The Labute approximate surface area is 148 Å². The number of hydrogen-bond acceptors (Lipinski definition) is 2. The van der Waals surface area contributed by atoms with E-state index in [0.29, 0.717) is 17.3 Å². The van der Waals surface area contributed by atoms with E-state index in [9.17, 15) is 9.59 Å². The Hall–Kier alpha value is -0.820. The Morgan fingerprint density at radius 2 is 2.00 bits per heavy atom. The minimum absolute atomic E-state index is 0.0450. The van der Waals surface area contributed by atoms with Gasteiger partial charge in [-0.3, -0.25) is 9.59 Å². The molecule has 6 heteroatoms. The van der Waals surface area contributed by atoms with E-state index in [2.05, 4.69) is 27.9 Å². The van der Waals surface area contributed by atoms with Crippen molar-refractivity contribution in [1.82, 2.24) is 4.90 Å². The average Bonchev–Trinajstić information content (AvgIpc) is 3.34. The first-order valence-corrected chi connectivity index (χ1v) is 9.05. The summed E-state index contributed by atoms with van der Waals surface area (Å²) in [6.45, 7) is 1.31. The van der Waals surface area contributed by atoms with Crippen LogP contribution >= 0.6 is 34.2 Å². The van der Waals surface area contributed by atoms with Crippen molar-refractivity contribution < 1.29 is 9.59 Å². The molecule has 0 spiro atoms. The van der Waals surface area contributed by atoms with E-state index in [1.54, 1.807) is 0 Å². The van der Waals surface area contributed by atoms with Gasteiger partial charge in [-0.1, -0.05) is 11.6 Å². The summed E-state index contributed by atoms with van der Waals surface area (Å²) in [5.74, 6) is 0.250. The summed E-state index contributed by atoms with van der Waals surface area (Å²) in [7, 11) is 0. The van der Waals surface area contributed by atoms with Gasteiger partial charge in [0.05, 0.1) is 16.6 Å². The zero-order valence-corrected chi connectivity index (χ0v) is 15.1. The Bertz CT molecular complexity index is 604. The third-order valence-electron chi connectivity index (χ3n) is 4.22. The van der Waals surface area contributed by atoms with Crippen LogP contribution in [-0.4, -0.2) is 29.8 Å². The molecule has 1 saturated carbocycles. The average molecular weight is 433 g/mol. The van der Waals surface area contributed by atoms with Gasteiger partial charge in [0.2, 0.25) is 11.8 Å². The Balaban J connectivity index is 1.62. The zero-order chi connectivity index (χ0) is 15.7. The first-order valence-electron chi connectivity index (χ1n) is 7.59. The molecule has 2 fully saturated rings. The van der Waals surface area contributed by atoms with Crippen LogP contribution in [0.2, 0.25) is 5.02 Å². The quantitative estimate of drug-likeness (QED) is 0.743. The lowest BCUT2D eigenvalue weighted by atomic mass is 9.96. The first kappa shape index (κ1) is 16.1. The van der Waals surface area contributed by atoms with Crippen LogP contribution in [0.4, 0.5) is 5.69 Å². The van der Waals surface area contributed by atoms with Crippen molar-refractivity contribution in [2.45, 2.75) is 25.7 Å².